The summed E-state index contributed by atoms with van der Waals surface area (Å²) in [6.45, 7) is 3.55. The van der Waals surface area contributed by atoms with Crippen molar-refractivity contribution in [3.05, 3.63) is 34.7 Å². The first-order chi connectivity index (χ1) is 12.4. The second-order valence-corrected chi connectivity index (χ2v) is 7.17. The number of carboxylic acids is 1. The van der Waals surface area contributed by atoms with Crippen LogP contribution in [0.15, 0.2) is 29.1 Å². The van der Waals surface area contributed by atoms with Gasteiger partial charge >= 0.3 is 5.97 Å². The van der Waals surface area contributed by atoms with Crippen LogP contribution in [-0.2, 0) is 14.4 Å². The Hall–Kier alpha value is -2.80. The van der Waals surface area contributed by atoms with Gasteiger partial charge in [0.15, 0.2) is 11.0 Å². The molecule has 1 aromatic rings. The van der Waals surface area contributed by atoms with Crippen LogP contribution in [0.5, 0.6) is 0 Å². The smallest absolute Gasteiger partial charge is 0.352 e. The lowest BCUT2D eigenvalue weighted by Crippen LogP contribution is -2.70. The summed E-state index contributed by atoms with van der Waals surface area (Å²) in [6, 6.07) is -2.52. The number of rotatable bonds is 6. The number of thioether (sulfide) groups is 1. The summed E-state index contributed by atoms with van der Waals surface area (Å²) in [6.07, 6.45) is 1.39. The van der Waals surface area contributed by atoms with E-state index in [9.17, 15) is 24.4 Å². The highest BCUT2D eigenvalue weighted by Gasteiger charge is 2.54. The maximum Gasteiger partial charge on any atom is 0.352 e. The van der Waals surface area contributed by atoms with Gasteiger partial charge in [0.25, 0.3) is 11.8 Å². The van der Waals surface area contributed by atoms with Crippen LogP contribution in [0.2, 0.25) is 0 Å². The largest absolute Gasteiger partial charge is 0.477 e. The van der Waals surface area contributed by atoms with Crippen LogP contribution in [0, 0.1) is 4.91 Å². The number of aliphatic carboxylic acids is 1. The normalized spacial score (nSPS) is 22.9. The fourth-order valence-corrected chi connectivity index (χ4v) is 4.40. The quantitative estimate of drug-likeness (QED) is 0.437. The minimum absolute atomic E-state index is 0.0726. The van der Waals surface area contributed by atoms with Crippen LogP contribution < -0.4 is 11.1 Å². The number of hydrogen-bond donors (Lipinski definition) is 3. The molecule has 1 saturated heterocycles. The molecule has 0 aliphatic carbocycles. The van der Waals surface area contributed by atoms with Crippen molar-refractivity contribution < 1.29 is 19.5 Å². The Bertz CT molecular complexity index is 852. The van der Waals surface area contributed by atoms with E-state index in [2.05, 4.69) is 26.4 Å². The maximum absolute atomic E-state index is 12.4. The minimum atomic E-state index is -1.54. The molecule has 2 aliphatic rings. The second kappa shape index (κ2) is 6.84. The lowest BCUT2D eigenvalue weighted by molar-refractivity contribution is -0.150. The van der Waals surface area contributed by atoms with Gasteiger partial charge in [-0.3, -0.25) is 14.5 Å². The molecule has 0 spiro atoms. The van der Waals surface area contributed by atoms with E-state index in [1.165, 1.54) is 17.8 Å². The average molecular weight is 396 g/mol. The van der Waals surface area contributed by atoms with Crippen molar-refractivity contribution in [2.24, 2.45) is 5.18 Å². The molecule has 13 heteroatoms. The number of amides is 2. The number of carbonyl (C=O) groups excluding carboxylic acids is 2. The Morgan fingerprint density at radius 3 is 2.81 bits per heavy atom. The molecule has 3 heterocycles. The number of nitrogens with two attached hydrogens (primary N) is 1. The summed E-state index contributed by atoms with van der Waals surface area (Å²) in [5, 5.41) is 13.9. The van der Waals surface area contributed by atoms with Crippen LogP contribution in [0.1, 0.15) is 11.9 Å². The number of β-lactam (4-membered cyclic amide) rings is 1. The lowest BCUT2D eigenvalue weighted by Gasteiger charge is -2.49. The molecule has 1 aromatic heterocycles. The average Bonchev–Trinajstić information content (AvgIpc) is 3.04. The molecule has 136 valence electrons. The molecule has 3 atom stereocenters. The first-order valence-electron chi connectivity index (χ1n) is 7.14. The number of carboxylic acid groups (broad SMARTS) is 1. The molecule has 1 fully saturated rings. The lowest BCUT2D eigenvalue weighted by atomic mass is 10.0. The number of fused-ring (bicyclic) bond motifs is 1. The summed E-state index contributed by atoms with van der Waals surface area (Å²) in [4.78, 5) is 52.0. The van der Waals surface area contributed by atoms with Crippen LogP contribution in [0.3, 0.4) is 0 Å². The van der Waals surface area contributed by atoms with E-state index in [0.29, 0.717) is 11.3 Å². The summed E-state index contributed by atoms with van der Waals surface area (Å²) in [5.74, 6) is -2.53. The van der Waals surface area contributed by atoms with Crippen molar-refractivity contribution in [2.75, 3.05) is 11.5 Å². The molecule has 2 amide bonds. The summed E-state index contributed by atoms with van der Waals surface area (Å²) < 4.78 is 3.77. The van der Waals surface area contributed by atoms with Gasteiger partial charge in [-0.05, 0) is 10.7 Å². The van der Waals surface area contributed by atoms with Crippen molar-refractivity contribution in [1.29, 1.82) is 0 Å². The molecule has 0 radical (unpaired) electrons. The highest BCUT2D eigenvalue weighted by molar-refractivity contribution is 8.00. The second-order valence-electron chi connectivity index (χ2n) is 5.28. The Morgan fingerprint density at radius 2 is 2.27 bits per heavy atom. The summed E-state index contributed by atoms with van der Waals surface area (Å²) >= 11 is 2.09. The van der Waals surface area contributed by atoms with Gasteiger partial charge in [-0.1, -0.05) is 12.7 Å². The molecular weight excluding hydrogens is 384 g/mol. The van der Waals surface area contributed by atoms with Crippen LogP contribution in [0.25, 0.3) is 0 Å². The fourth-order valence-electron chi connectivity index (χ4n) is 2.60. The molecule has 0 aromatic carbocycles. The number of nitrogens with zero attached hydrogens (tertiary/aromatic N) is 4. The Balaban J connectivity index is 1.77. The van der Waals surface area contributed by atoms with Crippen LogP contribution >= 0.6 is 23.3 Å². The monoisotopic (exact) mass is 396 g/mol. The zero-order chi connectivity index (χ0) is 19.0. The van der Waals surface area contributed by atoms with E-state index in [4.69, 9.17) is 5.73 Å². The zero-order valence-corrected chi connectivity index (χ0v) is 14.6. The molecular formula is C13H12N6O5S2. The number of nitrogens with one attached hydrogen (secondary N) is 1. The minimum Gasteiger partial charge on any atom is -0.477 e. The van der Waals surface area contributed by atoms with E-state index in [0.717, 1.165) is 16.4 Å². The van der Waals surface area contributed by atoms with Crippen molar-refractivity contribution in [3.63, 3.8) is 0 Å². The zero-order valence-electron chi connectivity index (χ0n) is 13.0. The summed E-state index contributed by atoms with van der Waals surface area (Å²) in [5.41, 5.74) is 5.69. The number of nitrogen functional groups attached to an aromatic ring is 1. The van der Waals surface area contributed by atoms with Crippen molar-refractivity contribution in [3.8, 4) is 0 Å². The number of hydrogen-bond acceptors (Lipinski definition) is 10. The number of nitroso groups, excluding NO2 is 1. The topological polar surface area (TPSA) is 168 Å². The van der Waals surface area contributed by atoms with E-state index >= 15 is 0 Å². The van der Waals surface area contributed by atoms with E-state index in [1.807, 2.05) is 0 Å². The number of anilines is 1. The number of carbonyl (C=O) groups is 3. The predicted octanol–water partition coefficient (Wildman–Crippen LogP) is -0.148. The maximum atomic E-state index is 12.4. The molecule has 3 rings (SSSR count). The van der Waals surface area contributed by atoms with E-state index < -0.39 is 35.2 Å². The first kappa shape index (κ1) is 18.0. The van der Waals surface area contributed by atoms with Gasteiger partial charge in [-0.15, -0.1) is 16.7 Å². The van der Waals surface area contributed by atoms with Crippen LogP contribution in [0.4, 0.5) is 5.13 Å². The molecule has 2 aliphatic heterocycles. The first-order valence-corrected chi connectivity index (χ1v) is 8.96. The van der Waals surface area contributed by atoms with Gasteiger partial charge < -0.3 is 16.2 Å². The van der Waals surface area contributed by atoms with E-state index in [-0.39, 0.29) is 16.7 Å². The SMILES string of the molecule is C=CC1=C(C(=O)O)N2C(=O)[C@@H](NC(=O)C(N=O)c3nsc(N)n3)[C@H]2SC1. The van der Waals surface area contributed by atoms with Gasteiger partial charge in [0.2, 0.25) is 6.04 Å². The number of aromatic nitrogens is 2. The third kappa shape index (κ3) is 2.84. The standard InChI is InChI=1S/C13H12N6O5S2/c1-2-4-3-25-11-6(10(21)19(11)7(4)12(22)23)15-9(20)5(17-24)8-16-13(14)26-18-8/h2,5-6,11H,1,3H2,(H,15,20)(H,22,23)(H2,14,16,18)/t5?,6-,11-/m1/s1. The van der Waals surface area contributed by atoms with Crippen molar-refractivity contribution >= 4 is 46.2 Å². The van der Waals surface area contributed by atoms with Gasteiger partial charge in [0.1, 0.15) is 17.1 Å². The molecule has 11 nitrogen and oxygen atoms in total. The Kier molecular flexibility index (Phi) is 4.73. The van der Waals surface area contributed by atoms with Gasteiger partial charge in [0, 0.05) is 17.3 Å². The summed E-state index contributed by atoms with van der Waals surface area (Å²) in [7, 11) is 0. The van der Waals surface area contributed by atoms with Gasteiger partial charge in [-0.2, -0.15) is 4.37 Å². The molecule has 1 unspecified atom stereocenters. The highest BCUT2D eigenvalue weighted by atomic mass is 32.2. The predicted molar refractivity (Wildman–Crippen MR) is 92.7 cm³/mol. The number of allylic oxidation sites excluding steroid dienone is 1. The Labute approximate surface area is 154 Å². The van der Waals surface area contributed by atoms with Gasteiger partial charge in [-0.25, -0.2) is 9.78 Å². The third-order valence-electron chi connectivity index (χ3n) is 3.80. The highest BCUT2D eigenvalue weighted by Crippen LogP contribution is 2.40. The molecule has 0 bridgehead atoms. The van der Waals surface area contributed by atoms with Crippen molar-refractivity contribution in [1.82, 2.24) is 19.6 Å². The third-order valence-corrected chi connectivity index (χ3v) is 5.66. The van der Waals surface area contributed by atoms with Crippen LogP contribution in [-0.4, -0.2) is 54.3 Å². The Morgan fingerprint density at radius 1 is 1.54 bits per heavy atom. The molecule has 4 N–H and O–H groups in total. The van der Waals surface area contributed by atoms with Crippen molar-refractivity contribution in [2.45, 2.75) is 17.5 Å². The fraction of sp³-hybridized carbons (Fsp3) is 0.308. The molecule has 26 heavy (non-hydrogen) atoms. The van der Waals surface area contributed by atoms with Gasteiger partial charge in [0.05, 0.1) is 0 Å². The molecule has 0 saturated carbocycles. The van der Waals surface area contributed by atoms with E-state index in [1.54, 1.807) is 0 Å².